The maximum Gasteiger partial charge on any atom is 0.407 e. The van der Waals surface area contributed by atoms with Gasteiger partial charge in [-0.15, -0.1) is 0 Å². The number of rotatable bonds is 5. The van der Waals surface area contributed by atoms with Gasteiger partial charge in [-0.05, 0) is 42.6 Å². The van der Waals surface area contributed by atoms with Crippen LogP contribution in [0.1, 0.15) is 45.1 Å². The van der Waals surface area contributed by atoms with Crippen LogP contribution in [0.5, 0.6) is 0 Å². The van der Waals surface area contributed by atoms with Crippen LogP contribution in [0.3, 0.4) is 0 Å². The standard InChI is InChI=1S/C22H35N3O5Si/c1-22(2,3)31(4,5)30-16-8-10-24(13-16)19-7-6-15(12-23-19)17-9-11-25(21(28)29)14-18(17)20(26)27/h6-7,12,16-18H,8-11,13-14H2,1-5H3,(H,26,27)(H,28,29)/t16-,17+,18-/m0/s1. The van der Waals surface area contributed by atoms with E-state index in [1.54, 1.807) is 6.20 Å². The molecule has 2 saturated heterocycles. The Morgan fingerprint density at radius 1 is 1.13 bits per heavy atom. The van der Waals surface area contributed by atoms with E-state index in [0.29, 0.717) is 13.0 Å². The first-order valence-corrected chi connectivity index (χ1v) is 13.9. The second-order valence-corrected chi connectivity index (χ2v) is 15.0. The van der Waals surface area contributed by atoms with Crippen LogP contribution in [-0.4, -0.2) is 72.8 Å². The Morgan fingerprint density at radius 3 is 2.39 bits per heavy atom. The minimum atomic E-state index is -1.81. The quantitative estimate of drug-likeness (QED) is 0.658. The first-order valence-electron chi connectivity index (χ1n) is 11.0. The second-order valence-electron chi connectivity index (χ2n) is 10.3. The summed E-state index contributed by atoms with van der Waals surface area (Å²) in [6, 6.07) is 3.90. The lowest BCUT2D eigenvalue weighted by Gasteiger charge is -2.38. The Morgan fingerprint density at radius 2 is 1.84 bits per heavy atom. The van der Waals surface area contributed by atoms with Gasteiger partial charge in [0.2, 0.25) is 0 Å². The molecule has 8 nitrogen and oxygen atoms in total. The van der Waals surface area contributed by atoms with Crippen molar-refractivity contribution in [2.75, 3.05) is 31.1 Å². The van der Waals surface area contributed by atoms with Crippen LogP contribution >= 0.6 is 0 Å². The summed E-state index contributed by atoms with van der Waals surface area (Å²) in [7, 11) is -1.81. The van der Waals surface area contributed by atoms with Crippen molar-refractivity contribution in [1.29, 1.82) is 0 Å². The lowest BCUT2D eigenvalue weighted by Crippen LogP contribution is -2.45. The molecule has 1 aromatic rings. The van der Waals surface area contributed by atoms with Crippen molar-refractivity contribution in [3.63, 3.8) is 0 Å². The highest BCUT2D eigenvalue weighted by Gasteiger charge is 2.41. The number of amides is 1. The van der Waals surface area contributed by atoms with Crippen molar-refractivity contribution in [3.8, 4) is 0 Å². The number of carbonyl (C=O) groups is 2. The van der Waals surface area contributed by atoms with Gasteiger partial charge < -0.3 is 24.4 Å². The number of aromatic nitrogens is 1. The summed E-state index contributed by atoms with van der Waals surface area (Å²) in [6.45, 7) is 13.3. The van der Waals surface area contributed by atoms with E-state index in [2.05, 4.69) is 43.7 Å². The highest BCUT2D eigenvalue weighted by Crippen LogP contribution is 2.39. The van der Waals surface area contributed by atoms with Crippen LogP contribution in [0.15, 0.2) is 18.3 Å². The molecule has 31 heavy (non-hydrogen) atoms. The average molecular weight is 450 g/mol. The molecule has 2 N–H and O–H groups in total. The number of carboxylic acid groups (broad SMARTS) is 2. The fourth-order valence-corrected chi connectivity index (χ4v) is 5.58. The van der Waals surface area contributed by atoms with Crippen molar-refractivity contribution in [3.05, 3.63) is 23.9 Å². The molecule has 3 rings (SSSR count). The summed E-state index contributed by atoms with van der Waals surface area (Å²) in [5.41, 5.74) is 0.856. The van der Waals surface area contributed by atoms with Crippen LogP contribution in [0.25, 0.3) is 0 Å². The second kappa shape index (κ2) is 8.78. The number of nitrogens with zero attached hydrogens (tertiary/aromatic N) is 3. The van der Waals surface area contributed by atoms with Crippen LogP contribution in [0.2, 0.25) is 18.1 Å². The molecular formula is C22H35N3O5Si. The number of hydrogen-bond acceptors (Lipinski definition) is 5. The topological polar surface area (TPSA) is 103 Å². The molecule has 1 amide bonds. The van der Waals surface area contributed by atoms with Gasteiger partial charge in [0.25, 0.3) is 0 Å². The normalized spacial score (nSPS) is 25.0. The molecule has 0 saturated carbocycles. The van der Waals surface area contributed by atoms with Gasteiger partial charge >= 0.3 is 12.1 Å². The molecule has 0 bridgehead atoms. The molecule has 9 heteroatoms. The predicted octanol–water partition coefficient (Wildman–Crippen LogP) is 3.85. The molecule has 1 aromatic heterocycles. The van der Waals surface area contributed by atoms with Gasteiger partial charge in [-0.2, -0.15) is 0 Å². The van der Waals surface area contributed by atoms with Gasteiger partial charge in [0.1, 0.15) is 5.82 Å². The minimum absolute atomic E-state index is 0.00960. The summed E-state index contributed by atoms with van der Waals surface area (Å²) in [4.78, 5) is 31.0. The van der Waals surface area contributed by atoms with Gasteiger partial charge in [-0.25, -0.2) is 9.78 Å². The van der Waals surface area contributed by atoms with Crippen molar-refractivity contribution in [1.82, 2.24) is 9.88 Å². The fraction of sp³-hybridized carbons (Fsp3) is 0.682. The van der Waals surface area contributed by atoms with Crippen LogP contribution < -0.4 is 4.90 Å². The maximum absolute atomic E-state index is 11.7. The number of aliphatic carboxylic acids is 1. The van der Waals surface area contributed by atoms with E-state index in [1.807, 2.05) is 12.1 Å². The highest BCUT2D eigenvalue weighted by atomic mass is 28.4. The number of pyridine rings is 1. The third-order valence-electron chi connectivity index (χ3n) is 7.14. The highest BCUT2D eigenvalue weighted by molar-refractivity contribution is 6.74. The fourth-order valence-electron chi connectivity index (χ4n) is 4.20. The monoisotopic (exact) mass is 449 g/mol. The van der Waals surface area contributed by atoms with Crippen molar-refractivity contribution in [2.24, 2.45) is 5.92 Å². The van der Waals surface area contributed by atoms with Crippen LogP contribution in [0.4, 0.5) is 10.6 Å². The van der Waals surface area contributed by atoms with Gasteiger partial charge in [0.15, 0.2) is 8.32 Å². The summed E-state index contributed by atoms with van der Waals surface area (Å²) in [6.07, 6.45) is 2.36. The zero-order valence-electron chi connectivity index (χ0n) is 19.2. The Kier molecular flexibility index (Phi) is 6.66. The zero-order chi connectivity index (χ0) is 23.0. The van der Waals surface area contributed by atoms with E-state index >= 15 is 0 Å². The molecule has 2 aliphatic heterocycles. The summed E-state index contributed by atoms with van der Waals surface area (Å²) in [5, 5.41) is 19.0. The molecule has 0 radical (unpaired) electrons. The molecular weight excluding hydrogens is 414 g/mol. The largest absolute Gasteiger partial charge is 0.481 e. The number of hydrogen-bond donors (Lipinski definition) is 2. The molecule has 2 aliphatic rings. The van der Waals surface area contributed by atoms with Crippen molar-refractivity contribution >= 4 is 26.2 Å². The molecule has 2 fully saturated rings. The lowest BCUT2D eigenvalue weighted by molar-refractivity contribution is -0.144. The van der Waals surface area contributed by atoms with E-state index in [9.17, 15) is 19.8 Å². The van der Waals surface area contributed by atoms with Gasteiger partial charge in [0, 0.05) is 38.3 Å². The lowest BCUT2D eigenvalue weighted by atomic mass is 9.81. The van der Waals surface area contributed by atoms with Crippen molar-refractivity contribution < 1.29 is 24.2 Å². The number of carboxylic acids is 1. The number of anilines is 1. The van der Waals surface area contributed by atoms with Gasteiger partial charge in [0.05, 0.1) is 12.0 Å². The first kappa shape index (κ1) is 23.5. The molecule has 3 heterocycles. The predicted molar refractivity (Wildman–Crippen MR) is 121 cm³/mol. The van der Waals surface area contributed by atoms with Crippen LogP contribution in [-0.2, 0) is 9.22 Å². The SMILES string of the molecule is CC(C)(C)[Si](C)(C)O[C@H]1CCN(c2ccc([C@H]3CCN(C(=O)O)C[C@@H]3C(=O)O)cn2)C1. The Balaban J connectivity index is 1.65. The summed E-state index contributed by atoms with van der Waals surface area (Å²) >= 11 is 0. The Hall–Kier alpha value is -2.13. The summed E-state index contributed by atoms with van der Waals surface area (Å²) in [5.74, 6) is -1.08. The number of piperidine rings is 1. The molecule has 172 valence electrons. The van der Waals surface area contributed by atoms with Gasteiger partial charge in [-0.1, -0.05) is 26.8 Å². The Labute approximate surface area is 185 Å². The van der Waals surface area contributed by atoms with E-state index in [4.69, 9.17) is 4.43 Å². The summed E-state index contributed by atoms with van der Waals surface area (Å²) < 4.78 is 6.56. The van der Waals surface area contributed by atoms with Crippen LogP contribution in [0, 0.1) is 5.92 Å². The minimum Gasteiger partial charge on any atom is -0.481 e. The zero-order valence-corrected chi connectivity index (χ0v) is 20.2. The third-order valence-corrected chi connectivity index (χ3v) is 11.7. The smallest absolute Gasteiger partial charge is 0.407 e. The average Bonchev–Trinajstić information content (AvgIpc) is 3.14. The Bertz CT molecular complexity index is 808. The maximum atomic E-state index is 11.7. The van der Waals surface area contributed by atoms with E-state index in [1.165, 1.54) is 4.90 Å². The molecule has 0 spiro atoms. The van der Waals surface area contributed by atoms with E-state index in [-0.39, 0.29) is 23.6 Å². The van der Waals surface area contributed by atoms with E-state index in [0.717, 1.165) is 30.9 Å². The number of likely N-dealkylation sites (tertiary alicyclic amines) is 1. The first-order chi connectivity index (χ1) is 14.4. The molecule has 0 aromatic carbocycles. The van der Waals surface area contributed by atoms with E-state index < -0.39 is 26.3 Å². The van der Waals surface area contributed by atoms with Crippen molar-refractivity contribution in [2.45, 2.75) is 63.8 Å². The van der Waals surface area contributed by atoms with Gasteiger partial charge in [-0.3, -0.25) is 4.79 Å². The third kappa shape index (κ3) is 5.20. The molecule has 0 aliphatic carbocycles. The molecule has 3 atom stereocenters. The molecule has 0 unspecified atom stereocenters.